The molecule has 0 spiro atoms. The normalized spacial score (nSPS) is 12.0. The van der Waals surface area contributed by atoms with Crippen LogP contribution in [-0.2, 0) is 4.79 Å². The first-order valence-electron chi connectivity index (χ1n) is 11.0. The van der Waals surface area contributed by atoms with Crippen molar-refractivity contribution in [3.63, 3.8) is 0 Å². The Bertz CT molecular complexity index is 918. The highest BCUT2D eigenvalue weighted by atomic mass is 79.9. The molecule has 1 aliphatic heterocycles. The first-order valence-corrected chi connectivity index (χ1v) is 11.8. The van der Waals surface area contributed by atoms with Crippen LogP contribution >= 0.6 is 15.9 Å². The predicted molar refractivity (Wildman–Crippen MR) is 143 cm³/mol. The number of rotatable bonds is 3. The Morgan fingerprint density at radius 3 is 2.13 bits per heavy atom. The highest BCUT2D eigenvalue weighted by molar-refractivity contribution is 9.10. The van der Waals surface area contributed by atoms with Crippen LogP contribution in [0.4, 0.5) is 5.69 Å². The smallest absolute Gasteiger partial charge is 0.256 e. The second-order valence-electron chi connectivity index (χ2n) is 6.79. The zero-order valence-corrected chi connectivity index (χ0v) is 22.0. The van der Waals surface area contributed by atoms with Crippen molar-refractivity contribution in [1.82, 2.24) is 0 Å². The molecule has 3 heteroatoms. The quantitative estimate of drug-likeness (QED) is 0.341. The molecule has 1 amide bonds. The molecule has 0 aromatic heterocycles. The number of halogens is 1. The van der Waals surface area contributed by atoms with Crippen LogP contribution in [0.2, 0.25) is 0 Å². The minimum atomic E-state index is -0.00991. The second-order valence-corrected chi connectivity index (χ2v) is 7.70. The maximum Gasteiger partial charge on any atom is 0.256 e. The van der Waals surface area contributed by atoms with Gasteiger partial charge >= 0.3 is 0 Å². The first kappa shape index (κ1) is 28.6. The molecule has 1 heterocycles. The fourth-order valence-electron chi connectivity index (χ4n) is 3.04. The van der Waals surface area contributed by atoms with Gasteiger partial charge in [-0.05, 0) is 56.5 Å². The number of fused-ring (bicyclic) bond motifs is 1. The van der Waals surface area contributed by atoms with Crippen LogP contribution in [0.3, 0.4) is 0 Å². The van der Waals surface area contributed by atoms with Gasteiger partial charge in [-0.3, -0.25) is 4.79 Å². The zero-order valence-electron chi connectivity index (χ0n) is 20.4. The van der Waals surface area contributed by atoms with Crippen molar-refractivity contribution < 1.29 is 4.79 Å². The molecule has 0 unspecified atom stereocenters. The third-order valence-electron chi connectivity index (χ3n) is 3.91. The fourth-order valence-corrected chi connectivity index (χ4v) is 3.44. The monoisotopic (exact) mass is 483 g/mol. The summed E-state index contributed by atoms with van der Waals surface area (Å²) in [6.07, 6.45) is 4.89. The molecule has 168 valence electrons. The summed E-state index contributed by atoms with van der Waals surface area (Å²) in [7, 11) is 0. The van der Waals surface area contributed by atoms with Gasteiger partial charge in [-0.25, -0.2) is 0 Å². The molecule has 2 aromatic carbocycles. The Balaban J connectivity index is 0.000000696. The lowest BCUT2D eigenvalue weighted by Gasteiger charge is -2.09. The third-order valence-corrected chi connectivity index (χ3v) is 4.40. The van der Waals surface area contributed by atoms with Crippen LogP contribution < -0.4 is 5.32 Å². The van der Waals surface area contributed by atoms with Gasteiger partial charge in [-0.2, -0.15) is 0 Å². The molecule has 1 N–H and O–H groups in total. The van der Waals surface area contributed by atoms with Gasteiger partial charge in [-0.15, -0.1) is 0 Å². The van der Waals surface area contributed by atoms with E-state index in [4.69, 9.17) is 0 Å². The first-order chi connectivity index (χ1) is 14.8. The summed E-state index contributed by atoms with van der Waals surface area (Å²) in [5.74, 6) is -0.00991. The lowest BCUT2D eigenvalue weighted by Crippen LogP contribution is -2.03. The molecule has 2 nitrogen and oxygen atoms in total. The van der Waals surface area contributed by atoms with Crippen molar-refractivity contribution in [3.8, 4) is 11.1 Å². The maximum absolute atomic E-state index is 12.1. The average molecular weight is 485 g/mol. The number of carbonyl (C=O) groups is 1. The van der Waals surface area contributed by atoms with E-state index in [1.165, 1.54) is 5.57 Å². The van der Waals surface area contributed by atoms with E-state index < -0.39 is 0 Å². The number of carbonyl (C=O) groups excluding carboxylic acids is 1. The van der Waals surface area contributed by atoms with E-state index in [1.54, 1.807) is 0 Å². The minimum absolute atomic E-state index is 0.00991. The van der Waals surface area contributed by atoms with Gasteiger partial charge < -0.3 is 5.32 Å². The van der Waals surface area contributed by atoms with Gasteiger partial charge in [0.05, 0.1) is 0 Å². The number of anilines is 1. The molecule has 0 aliphatic carbocycles. The van der Waals surface area contributed by atoms with Crippen molar-refractivity contribution in [2.45, 2.75) is 61.8 Å². The molecule has 31 heavy (non-hydrogen) atoms. The highest BCUT2D eigenvalue weighted by Gasteiger charge is 2.26. The number of benzene rings is 2. The maximum atomic E-state index is 12.1. The Kier molecular flexibility index (Phi) is 14.2. The lowest BCUT2D eigenvalue weighted by molar-refractivity contribution is -0.110. The molecule has 2 aromatic rings. The summed E-state index contributed by atoms with van der Waals surface area (Å²) in [6, 6.07) is 14.1. The van der Waals surface area contributed by atoms with Gasteiger partial charge in [0.2, 0.25) is 0 Å². The van der Waals surface area contributed by atoms with Crippen molar-refractivity contribution in [3.05, 3.63) is 82.4 Å². The summed E-state index contributed by atoms with van der Waals surface area (Å²) in [5.41, 5.74) is 7.31. The highest BCUT2D eigenvalue weighted by Crippen LogP contribution is 2.40. The number of hydrogen-bond donors (Lipinski definition) is 1. The molecule has 0 saturated heterocycles. The van der Waals surface area contributed by atoms with Crippen molar-refractivity contribution in [2.24, 2.45) is 0 Å². The third kappa shape index (κ3) is 9.10. The van der Waals surface area contributed by atoms with E-state index in [9.17, 15) is 4.79 Å². The topological polar surface area (TPSA) is 29.1 Å². The number of amides is 1. The molecule has 3 rings (SSSR count). The van der Waals surface area contributed by atoms with Crippen LogP contribution in [0.1, 0.15) is 67.4 Å². The van der Waals surface area contributed by atoms with E-state index in [0.717, 1.165) is 44.4 Å². The SMILES string of the molecule is C=C(C)C=C(C)C.CC.CC.CC/C=C1\C(=O)Nc2cccc(-c3cccc(Br)c3)c21. The largest absolute Gasteiger partial charge is 0.321 e. The minimum Gasteiger partial charge on any atom is -0.321 e. The lowest BCUT2D eigenvalue weighted by atomic mass is 9.94. The van der Waals surface area contributed by atoms with Crippen LogP contribution in [-0.4, -0.2) is 5.91 Å². The van der Waals surface area contributed by atoms with Gasteiger partial charge in [0, 0.05) is 21.3 Å². The summed E-state index contributed by atoms with van der Waals surface area (Å²) in [4.78, 5) is 12.1. The van der Waals surface area contributed by atoms with Crippen molar-refractivity contribution >= 4 is 33.1 Å². The molecular formula is C28H38BrNO. The van der Waals surface area contributed by atoms with Gasteiger partial charge in [0.15, 0.2) is 0 Å². The second kappa shape index (κ2) is 15.4. The summed E-state index contributed by atoms with van der Waals surface area (Å²) in [5, 5.41) is 2.94. The summed E-state index contributed by atoms with van der Waals surface area (Å²) >= 11 is 3.50. The Hall–Kier alpha value is -2.39. The zero-order chi connectivity index (χ0) is 24.0. The van der Waals surface area contributed by atoms with Gasteiger partial charge in [0.25, 0.3) is 5.91 Å². The van der Waals surface area contributed by atoms with Gasteiger partial charge in [0.1, 0.15) is 0 Å². The molecule has 1 aliphatic rings. The Morgan fingerprint density at radius 2 is 1.65 bits per heavy atom. The van der Waals surface area contributed by atoms with Crippen LogP contribution in [0, 0.1) is 0 Å². The molecule has 0 fully saturated rings. The van der Waals surface area contributed by atoms with Crippen LogP contribution in [0.5, 0.6) is 0 Å². The van der Waals surface area contributed by atoms with Crippen LogP contribution in [0.15, 0.2) is 76.8 Å². The van der Waals surface area contributed by atoms with Crippen molar-refractivity contribution in [1.29, 1.82) is 0 Å². The van der Waals surface area contributed by atoms with Gasteiger partial charge in [-0.1, -0.05) is 105 Å². The molecular weight excluding hydrogens is 446 g/mol. The predicted octanol–water partition coefficient (Wildman–Crippen LogP) is 9.44. The van der Waals surface area contributed by atoms with E-state index in [1.807, 2.05) is 71.9 Å². The molecule has 0 bridgehead atoms. The average Bonchev–Trinajstić information content (AvgIpc) is 3.06. The summed E-state index contributed by atoms with van der Waals surface area (Å²) in [6.45, 7) is 19.9. The van der Waals surface area contributed by atoms with E-state index in [-0.39, 0.29) is 5.91 Å². The van der Waals surface area contributed by atoms with E-state index in [0.29, 0.717) is 0 Å². The van der Waals surface area contributed by atoms with E-state index >= 15 is 0 Å². The number of hydrogen-bond acceptors (Lipinski definition) is 1. The van der Waals surface area contributed by atoms with Crippen molar-refractivity contribution in [2.75, 3.05) is 5.32 Å². The molecule has 0 atom stereocenters. The van der Waals surface area contributed by atoms with E-state index in [2.05, 4.69) is 65.9 Å². The number of nitrogens with one attached hydrogen (secondary N) is 1. The molecule has 0 radical (unpaired) electrons. The Labute approximate surface area is 198 Å². The standard InChI is InChI=1S/C17H14BrNO.C7H12.2C2H6/c1-2-5-14-16-13(11-6-3-7-12(18)10-11)8-4-9-15(16)19-17(14)20;1-6(2)5-7(3)4;2*1-2/h3-10H,2H2,1H3,(H,19,20);5H,1H2,2-4H3;2*1-2H3/b14-5-;;;. The fraction of sp³-hybridized carbons (Fsp3) is 0.321. The Morgan fingerprint density at radius 1 is 1.03 bits per heavy atom. The number of allylic oxidation sites excluding steroid dienone is 4. The molecule has 0 saturated carbocycles. The summed E-state index contributed by atoms with van der Waals surface area (Å²) < 4.78 is 1.03. The van der Waals surface area contributed by atoms with Crippen LogP contribution in [0.25, 0.3) is 16.7 Å².